The minimum Gasteiger partial charge on any atom is -0.381 e. The van der Waals surface area contributed by atoms with Crippen LogP contribution in [-0.4, -0.2) is 13.2 Å². The fraction of sp³-hybridized carbons (Fsp3) is 0.538. The Balaban J connectivity index is 2.00. The first kappa shape index (κ1) is 12.8. The average Bonchev–Trinajstić information content (AvgIpc) is 2.30. The second-order valence-electron chi connectivity index (χ2n) is 4.56. The molecule has 0 amide bonds. The lowest BCUT2D eigenvalue weighted by Gasteiger charge is -2.25. The highest BCUT2D eigenvalue weighted by molar-refractivity contribution is 6.31. The summed E-state index contributed by atoms with van der Waals surface area (Å²) in [6.45, 7) is 1.63. The van der Waals surface area contributed by atoms with Gasteiger partial charge in [0.05, 0.1) is 0 Å². The highest BCUT2D eigenvalue weighted by Crippen LogP contribution is 2.30. The zero-order valence-electron chi connectivity index (χ0n) is 9.66. The Kier molecular flexibility index (Phi) is 4.37. The van der Waals surface area contributed by atoms with E-state index in [0.717, 1.165) is 38.0 Å². The van der Waals surface area contributed by atoms with E-state index in [-0.39, 0.29) is 11.9 Å². The third-order valence-electron chi connectivity index (χ3n) is 3.29. The highest BCUT2D eigenvalue weighted by Gasteiger charge is 2.19. The second kappa shape index (κ2) is 5.80. The Morgan fingerprint density at radius 2 is 2.12 bits per heavy atom. The first-order valence-corrected chi connectivity index (χ1v) is 6.33. The van der Waals surface area contributed by atoms with Crippen LogP contribution in [0.2, 0.25) is 5.02 Å². The lowest BCUT2D eigenvalue weighted by molar-refractivity contribution is 0.0618. The molecule has 1 heterocycles. The molecule has 17 heavy (non-hydrogen) atoms. The molecule has 94 valence electrons. The van der Waals surface area contributed by atoms with Crippen molar-refractivity contribution in [2.75, 3.05) is 13.2 Å². The molecule has 0 aliphatic carbocycles. The minimum absolute atomic E-state index is 0.119. The lowest BCUT2D eigenvalue weighted by atomic mass is 9.90. The number of rotatable bonds is 3. The molecule has 1 unspecified atom stereocenters. The van der Waals surface area contributed by atoms with Crippen molar-refractivity contribution in [3.63, 3.8) is 0 Å². The van der Waals surface area contributed by atoms with Crippen LogP contribution in [-0.2, 0) is 4.74 Å². The summed E-state index contributed by atoms with van der Waals surface area (Å²) in [5, 5.41) is 0.421. The van der Waals surface area contributed by atoms with Crippen molar-refractivity contribution in [1.29, 1.82) is 0 Å². The number of halogens is 2. The Morgan fingerprint density at radius 1 is 1.41 bits per heavy atom. The SMILES string of the molecule is NC(CC1CCOCC1)c1ccc(F)cc1Cl. The van der Waals surface area contributed by atoms with Crippen LogP contribution >= 0.6 is 11.6 Å². The van der Waals surface area contributed by atoms with E-state index >= 15 is 0 Å². The van der Waals surface area contributed by atoms with Gasteiger partial charge < -0.3 is 10.5 Å². The molecule has 2 N–H and O–H groups in total. The van der Waals surface area contributed by atoms with Crippen LogP contribution in [0, 0.1) is 11.7 Å². The molecular formula is C13H17ClFNO. The summed E-state index contributed by atoms with van der Waals surface area (Å²) in [6.07, 6.45) is 2.98. The Bertz CT molecular complexity index is 380. The van der Waals surface area contributed by atoms with Crippen molar-refractivity contribution < 1.29 is 9.13 Å². The summed E-state index contributed by atoms with van der Waals surface area (Å²) < 4.78 is 18.2. The maximum Gasteiger partial charge on any atom is 0.124 e. The quantitative estimate of drug-likeness (QED) is 0.902. The van der Waals surface area contributed by atoms with Gasteiger partial charge in [0.15, 0.2) is 0 Å². The monoisotopic (exact) mass is 257 g/mol. The van der Waals surface area contributed by atoms with Crippen molar-refractivity contribution in [2.45, 2.75) is 25.3 Å². The van der Waals surface area contributed by atoms with E-state index in [4.69, 9.17) is 22.1 Å². The molecule has 1 aliphatic heterocycles. The smallest absolute Gasteiger partial charge is 0.124 e. The molecule has 2 rings (SSSR count). The van der Waals surface area contributed by atoms with Crippen molar-refractivity contribution in [3.8, 4) is 0 Å². The standard InChI is InChI=1S/C13H17ClFNO/c14-12-8-10(15)1-2-11(12)13(16)7-9-3-5-17-6-4-9/h1-2,8-9,13H,3-7,16H2. The van der Waals surface area contributed by atoms with Gasteiger partial charge in [0, 0.05) is 24.3 Å². The van der Waals surface area contributed by atoms with E-state index in [1.54, 1.807) is 6.07 Å². The van der Waals surface area contributed by atoms with Gasteiger partial charge in [-0.2, -0.15) is 0 Å². The maximum atomic E-state index is 12.9. The van der Waals surface area contributed by atoms with E-state index in [0.29, 0.717) is 10.9 Å². The fourth-order valence-electron chi connectivity index (χ4n) is 2.27. The number of nitrogens with two attached hydrogens (primary N) is 1. The van der Waals surface area contributed by atoms with Gasteiger partial charge >= 0.3 is 0 Å². The van der Waals surface area contributed by atoms with E-state index in [9.17, 15) is 4.39 Å². The molecule has 1 saturated heterocycles. The maximum absolute atomic E-state index is 12.9. The molecular weight excluding hydrogens is 241 g/mol. The number of hydrogen-bond donors (Lipinski definition) is 1. The predicted octanol–water partition coefficient (Wildman–Crippen LogP) is 3.30. The topological polar surface area (TPSA) is 35.2 Å². The number of benzene rings is 1. The molecule has 2 nitrogen and oxygen atoms in total. The van der Waals surface area contributed by atoms with Gasteiger partial charge in [-0.1, -0.05) is 17.7 Å². The van der Waals surface area contributed by atoms with E-state index in [2.05, 4.69) is 0 Å². The van der Waals surface area contributed by atoms with Crippen LogP contribution < -0.4 is 5.73 Å². The molecule has 1 aliphatic rings. The first-order chi connectivity index (χ1) is 8.16. The van der Waals surface area contributed by atoms with Crippen molar-refractivity contribution in [1.82, 2.24) is 0 Å². The average molecular weight is 258 g/mol. The number of hydrogen-bond acceptors (Lipinski definition) is 2. The highest BCUT2D eigenvalue weighted by atomic mass is 35.5. The molecule has 4 heteroatoms. The Labute approximate surface area is 106 Å². The van der Waals surface area contributed by atoms with Crippen molar-refractivity contribution in [2.24, 2.45) is 11.7 Å². The van der Waals surface area contributed by atoms with Crippen LogP contribution in [0.25, 0.3) is 0 Å². The van der Waals surface area contributed by atoms with Crippen LogP contribution in [0.15, 0.2) is 18.2 Å². The molecule has 1 atom stereocenters. The van der Waals surface area contributed by atoms with Crippen LogP contribution in [0.4, 0.5) is 4.39 Å². The number of ether oxygens (including phenoxy) is 1. The van der Waals surface area contributed by atoms with Gasteiger partial charge in [-0.3, -0.25) is 0 Å². The third kappa shape index (κ3) is 3.41. The van der Waals surface area contributed by atoms with Crippen molar-refractivity contribution >= 4 is 11.6 Å². The molecule has 1 aromatic carbocycles. The Morgan fingerprint density at radius 3 is 2.76 bits per heavy atom. The predicted molar refractivity (Wildman–Crippen MR) is 66.5 cm³/mol. The molecule has 1 fully saturated rings. The fourth-order valence-corrected chi connectivity index (χ4v) is 2.58. The van der Waals surface area contributed by atoms with Gasteiger partial charge in [0.1, 0.15) is 5.82 Å². The molecule has 0 spiro atoms. The summed E-state index contributed by atoms with van der Waals surface area (Å²) in [7, 11) is 0. The third-order valence-corrected chi connectivity index (χ3v) is 3.62. The molecule has 1 aromatic rings. The normalized spacial score (nSPS) is 19.2. The molecule has 0 radical (unpaired) electrons. The van der Waals surface area contributed by atoms with Crippen LogP contribution in [0.3, 0.4) is 0 Å². The Hall–Kier alpha value is -0.640. The van der Waals surface area contributed by atoms with E-state index < -0.39 is 0 Å². The zero-order chi connectivity index (χ0) is 12.3. The summed E-state index contributed by atoms with van der Waals surface area (Å²) in [4.78, 5) is 0. The van der Waals surface area contributed by atoms with Crippen molar-refractivity contribution in [3.05, 3.63) is 34.6 Å². The summed E-state index contributed by atoms with van der Waals surface area (Å²) in [5.41, 5.74) is 6.96. The summed E-state index contributed by atoms with van der Waals surface area (Å²) >= 11 is 6.00. The molecule has 0 aromatic heterocycles. The second-order valence-corrected chi connectivity index (χ2v) is 4.97. The zero-order valence-corrected chi connectivity index (χ0v) is 10.4. The van der Waals surface area contributed by atoms with Crippen LogP contribution in [0.5, 0.6) is 0 Å². The van der Waals surface area contributed by atoms with E-state index in [1.165, 1.54) is 12.1 Å². The lowest BCUT2D eigenvalue weighted by Crippen LogP contribution is -2.21. The summed E-state index contributed by atoms with van der Waals surface area (Å²) in [6, 6.07) is 4.29. The van der Waals surface area contributed by atoms with Gasteiger partial charge in [-0.25, -0.2) is 4.39 Å². The van der Waals surface area contributed by atoms with Gasteiger partial charge in [0.25, 0.3) is 0 Å². The molecule has 0 bridgehead atoms. The molecule has 0 saturated carbocycles. The van der Waals surface area contributed by atoms with Gasteiger partial charge in [-0.05, 0) is 42.9 Å². The van der Waals surface area contributed by atoms with Gasteiger partial charge in [0.2, 0.25) is 0 Å². The first-order valence-electron chi connectivity index (χ1n) is 5.95. The minimum atomic E-state index is -0.322. The van der Waals surface area contributed by atoms with E-state index in [1.807, 2.05) is 0 Å². The summed E-state index contributed by atoms with van der Waals surface area (Å²) in [5.74, 6) is 0.261. The largest absolute Gasteiger partial charge is 0.381 e. The van der Waals surface area contributed by atoms with Gasteiger partial charge in [-0.15, -0.1) is 0 Å². The van der Waals surface area contributed by atoms with Crippen LogP contribution in [0.1, 0.15) is 30.9 Å².